The van der Waals surface area contributed by atoms with Gasteiger partial charge in [0.2, 0.25) is 5.91 Å². The third-order valence-electron chi connectivity index (χ3n) is 4.30. The molecule has 0 radical (unpaired) electrons. The van der Waals surface area contributed by atoms with Crippen molar-refractivity contribution in [1.82, 2.24) is 5.32 Å². The summed E-state index contributed by atoms with van der Waals surface area (Å²) >= 11 is 3.44. The second-order valence-corrected chi connectivity index (χ2v) is 6.46. The van der Waals surface area contributed by atoms with Crippen LogP contribution in [0.4, 0.5) is 0 Å². The topological polar surface area (TPSA) is 66.4 Å². The first-order valence-electron chi connectivity index (χ1n) is 7.26. The fourth-order valence-electron chi connectivity index (χ4n) is 2.99. The number of hydrogen-bond acceptors (Lipinski definition) is 2. The Morgan fingerprint density at radius 1 is 1.29 bits per heavy atom. The zero-order valence-electron chi connectivity index (χ0n) is 12.0. The van der Waals surface area contributed by atoms with Crippen LogP contribution in [0.2, 0.25) is 0 Å². The Bertz CT molecular complexity index is 532. The van der Waals surface area contributed by atoms with Crippen molar-refractivity contribution in [2.24, 2.45) is 17.8 Å². The second-order valence-electron chi connectivity index (χ2n) is 5.61. The van der Waals surface area contributed by atoms with Gasteiger partial charge in [-0.1, -0.05) is 47.5 Å². The molecule has 4 nitrogen and oxygen atoms in total. The number of rotatable bonds is 5. The minimum absolute atomic E-state index is 0.144. The van der Waals surface area contributed by atoms with E-state index in [1.54, 1.807) is 0 Å². The highest BCUT2D eigenvalue weighted by molar-refractivity contribution is 9.10. The van der Waals surface area contributed by atoms with Crippen LogP contribution >= 0.6 is 15.9 Å². The van der Waals surface area contributed by atoms with E-state index in [-0.39, 0.29) is 5.91 Å². The molecule has 1 fully saturated rings. The first-order chi connectivity index (χ1) is 10.0. The Balaban J connectivity index is 1.99. The van der Waals surface area contributed by atoms with Crippen molar-refractivity contribution in [3.05, 3.63) is 34.3 Å². The minimum atomic E-state index is -0.855. The number of carbonyl (C=O) groups excluding carboxylic acids is 1. The summed E-state index contributed by atoms with van der Waals surface area (Å²) in [6, 6.07) is 7.68. The molecule has 0 bridgehead atoms. The van der Waals surface area contributed by atoms with E-state index in [1.807, 2.05) is 31.2 Å². The molecule has 0 heterocycles. The van der Waals surface area contributed by atoms with E-state index in [4.69, 9.17) is 0 Å². The van der Waals surface area contributed by atoms with Crippen LogP contribution in [0.25, 0.3) is 0 Å². The van der Waals surface area contributed by atoms with E-state index in [2.05, 4.69) is 21.2 Å². The van der Waals surface area contributed by atoms with Gasteiger partial charge < -0.3 is 10.4 Å². The summed E-state index contributed by atoms with van der Waals surface area (Å²) in [4.78, 5) is 23.6. The molecule has 0 aromatic heterocycles. The Hall–Kier alpha value is -1.36. The Labute approximate surface area is 133 Å². The van der Waals surface area contributed by atoms with Crippen LogP contribution in [0.1, 0.15) is 31.7 Å². The quantitative estimate of drug-likeness (QED) is 0.853. The molecule has 5 heteroatoms. The Morgan fingerprint density at radius 2 is 1.95 bits per heavy atom. The SMILES string of the molecule is CCC1C[C@H](C(=O)NCc2ccccc2Br)[C@H](C(=O)O)C1. The molecule has 1 aliphatic rings. The molecule has 1 saturated carbocycles. The van der Waals surface area contributed by atoms with Gasteiger partial charge in [0.1, 0.15) is 0 Å². The van der Waals surface area contributed by atoms with Gasteiger partial charge in [-0.15, -0.1) is 0 Å². The molecule has 1 aromatic carbocycles. The van der Waals surface area contributed by atoms with Crippen LogP contribution in [0.3, 0.4) is 0 Å². The predicted molar refractivity (Wildman–Crippen MR) is 83.6 cm³/mol. The van der Waals surface area contributed by atoms with Gasteiger partial charge in [-0.05, 0) is 30.4 Å². The number of carbonyl (C=O) groups is 2. The first-order valence-corrected chi connectivity index (χ1v) is 8.06. The lowest BCUT2D eigenvalue weighted by atomic mass is 9.95. The summed E-state index contributed by atoms with van der Waals surface area (Å²) in [6.07, 6.45) is 2.21. The van der Waals surface area contributed by atoms with Gasteiger partial charge in [0.05, 0.1) is 11.8 Å². The molecular formula is C16H20BrNO3. The van der Waals surface area contributed by atoms with Gasteiger partial charge >= 0.3 is 5.97 Å². The normalized spacial score (nSPS) is 24.8. The summed E-state index contributed by atoms with van der Waals surface area (Å²) in [7, 11) is 0. The highest BCUT2D eigenvalue weighted by atomic mass is 79.9. The molecule has 0 spiro atoms. The van der Waals surface area contributed by atoms with Gasteiger partial charge in [-0.3, -0.25) is 9.59 Å². The predicted octanol–water partition coefficient (Wildman–Crippen LogP) is 3.20. The van der Waals surface area contributed by atoms with Gasteiger partial charge in [-0.25, -0.2) is 0 Å². The van der Waals surface area contributed by atoms with Crippen LogP contribution in [-0.2, 0) is 16.1 Å². The molecule has 21 heavy (non-hydrogen) atoms. The summed E-state index contributed by atoms with van der Waals surface area (Å²) in [5.74, 6) is -1.62. The molecule has 0 saturated heterocycles. The van der Waals surface area contributed by atoms with Gasteiger partial charge in [0.25, 0.3) is 0 Å². The number of amides is 1. The first kappa shape index (κ1) is 16.0. The fraction of sp³-hybridized carbons (Fsp3) is 0.500. The number of hydrogen-bond donors (Lipinski definition) is 2. The zero-order chi connectivity index (χ0) is 15.4. The molecule has 2 rings (SSSR count). The molecule has 0 aliphatic heterocycles. The maximum atomic E-state index is 12.3. The van der Waals surface area contributed by atoms with Gasteiger partial charge in [-0.2, -0.15) is 0 Å². The average molecular weight is 354 g/mol. The van der Waals surface area contributed by atoms with Crippen LogP contribution in [0.5, 0.6) is 0 Å². The number of carboxylic acids is 1. The monoisotopic (exact) mass is 353 g/mol. The lowest BCUT2D eigenvalue weighted by Gasteiger charge is -2.16. The molecule has 1 aliphatic carbocycles. The summed E-state index contributed by atoms with van der Waals surface area (Å²) in [5, 5.41) is 12.2. The number of halogens is 1. The zero-order valence-corrected chi connectivity index (χ0v) is 13.6. The van der Waals surface area contributed by atoms with Crippen molar-refractivity contribution in [2.45, 2.75) is 32.7 Å². The minimum Gasteiger partial charge on any atom is -0.481 e. The fourth-order valence-corrected chi connectivity index (χ4v) is 3.42. The Morgan fingerprint density at radius 3 is 2.57 bits per heavy atom. The third-order valence-corrected chi connectivity index (χ3v) is 5.08. The van der Waals surface area contributed by atoms with Gasteiger partial charge in [0.15, 0.2) is 0 Å². The van der Waals surface area contributed by atoms with Crippen molar-refractivity contribution in [3.63, 3.8) is 0 Å². The van der Waals surface area contributed by atoms with E-state index < -0.39 is 17.8 Å². The summed E-state index contributed by atoms with van der Waals surface area (Å²) < 4.78 is 0.943. The van der Waals surface area contributed by atoms with Crippen molar-refractivity contribution in [3.8, 4) is 0 Å². The molecule has 2 N–H and O–H groups in total. The highest BCUT2D eigenvalue weighted by Crippen LogP contribution is 2.38. The van der Waals surface area contributed by atoms with E-state index in [0.717, 1.165) is 16.5 Å². The van der Waals surface area contributed by atoms with Gasteiger partial charge in [0, 0.05) is 11.0 Å². The maximum absolute atomic E-state index is 12.3. The van der Waals surface area contributed by atoms with E-state index in [9.17, 15) is 14.7 Å². The molecule has 1 aromatic rings. The number of nitrogens with one attached hydrogen (secondary N) is 1. The van der Waals surface area contributed by atoms with Crippen LogP contribution in [0, 0.1) is 17.8 Å². The lowest BCUT2D eigenvalue weighted by Crippen LogP contribution is -2.35. The van der Waals surface area contributed by atoms with Crippen molar-refractivity contribution in [2.75, 3.05) is 0 Å². The summed E-state index contributed by atoms with van der Waals surface area (Å²) in [5.41, 5.74) is 0.989. The lowest BCUT2D eigenvalue weighted by molar-refractivity contribution is -0.146. The number of aliphatic carboxylic acids is 1. The molecule has 1 unspecified atom stereocenters. The number of benzene rings is 1. The standard InChI is InChI=1S/C16H20BrNO3/c1-2-10-7-12(13(8-10)16(20)21)15(19)18-9-11-5-3-4-6-14(11)17/h3-6,10,12-13H,2,7-9H2,1H3,(H,18,19)(H,20,21)/t10?,12-,13+/m0/s1. The number of carboxylic acid groups (broad SMARTS) is 1. The van der Waals surface area contributed by atoms with E-state index in [1.165, 1.54) is 0 Å². The van der Waals surface area contributed by atoms with Crippen molar-refractivity contribution < 1.29 is 14.7 Å². The van der Waals surface area contributed by atoms with Crippen LogP contribution < -0.4 is 5.32 Å². The van der Waals surface area contributed by atoms with Crippen LogP contribution in [-0.4, -0.2) is 17.0 Å². The maximum Gasteiger partial charge on any atom is 0.307 e. The highest BCUT2D eigenvalue weighted by Gasteiger charge is 2.41. The van der Waals surface area contributed by atoms with Crippen molar-refractivity contribution >= 4 is 27.8 Å². The van der Waals surface area contributed by atoms with Crippen LogP contribution in [0.15, 0.2) is 28.7 Å². The average Bonchev–Trinajstić information content (AvgIpc) is 2.90. The smallest absolute Gasteiger partial charge is 0.307 e. The molecular weight excluding hydrogens is 334 g/mol. The van der Waals surface area contributed by atoms with E-state index >= 15 is 0 Å². The molecule has 114 valence electrons. The van der Waals surface area contributed by atoms with Crippen molar-refractivity contribution in [1.29, 1.82) is 0 Å². The molecule has 1 amide bonds. The third kappa shape index (κ3) is 3.84. The van der Waals surface area contributed by atoms with E-state index in [0.29, 0.717) is 25.3 Å². The molecule has 3 atom stereocenters. The summed E-state index contributed by atoms with van der Waals surface area (Å²) in [6.45, 7) is 2.46. The largest absolute Gasteiger partial charge is 0.481 e. The second kappa shape index (κ2) is 7.07. The Kier molecular flexibility index (Phi) is 5.39.